The van der Waals surface area contributed by atoms with E-state index < -0.39 is 5.41 Å². The lowest BCUT2D eigenvalue weighted by Crippen LogP contribution is -2.28. The largest absolute Gasteiger partial charge is 0.308 e. The zero-order valence-electron chi connectivity index (χ0n) is 86.1. The molecule has 0 saturated heterocycles. The Morgan fingerprint density at radius 3 is 0.779 bits per heavy atom. The normalized spacial score (nSPS) is 13.0. The van der Waals surface area contributed by atoms with E-state index in [1.807, 2.05) is 11.3 Å². The van der Waals surface area contributed by atoms with Gasteiger partial charge in [0.25, 0.3) is 0 Å². The average Bonchev–Trinajstić information content (AvgIpc) is 1.53. The third-order valence-electron chi connectivity index (χ3n) is 33.9. The van der Waals surface area contributed by atoms with Crippen LogP contribution < -0.4 is 0 Å². The second-order valence-corrected chi connectivity index (χ2v) is 45.7. The van der Waals surface area contributed by atoms with Crippen molar-refractivity contribution >= 4 is 210 Å². The molecule has 0 N–H and O–H groups in total. The second-order valence-electron chi connectivity index (χ2n) is 44.6. The van der Waals surface area contributed by atoms with E-state index in [0.717, 1.165) is 0 Å². The fourth-order valence-electron chi connectivity index (χ4n) is 25.9. The van der Waals surface area contributed by atoms with Crippen LogP contribution in [0.5, 0.6) is 0 Å². The minimum atomic E-state index is -0.450. The zero-order valence-corrected chi connectivity index (χ0v) is 86.9. The van der Waals surface area contributed by atoms with E-state index in [1.54, 1.807) is 0 Å². The lowest BCUT2D eigenvalue weighted by molar-refractivity contribution is 0.769. The van der Waals surface area contributed by atoms with Crippen LogP contribution in [0, 0.1) is 0 Å². The smallest absolute Gasteiger partial charge is 0.0713 e. The highest BCUT2D eigenvalue weighted by molar-refractivity contribution is 7.25. The van der Waals surface area contributed by atoms with Gasteiger partial charge in [0.2, 0.25) is 0 Å². The van der Waals surface area contributed by atoms with Gasteiger partial charge in [-0.2, -0.15) is 0 Å². The van der Waals surface area contributed by atoms with Crippen molar-refractivity contribution < 1.29 is 0 Å². The van der Waals surface area contributed by atoms with Gasteiger partial charge in [-0.15, -0.1) is 11.3 Å². The fourth-order valence-corrected chi connectivity index (χ4v) is 27.0. The summed E-state index contributed by atoms with van der Waals surface area (Å²) in [6.45, 7) is 27.4. The highest BCUT2D eigenvalue weighted by atomic mass is 32.1. The van der Waals surface area contributed by atoms with Crippen molar-refractivity contribution in [1.82, 2.24) is 13.2 Å². The maximum Gasteiger partial charge on any atom is 0.0713 e. The van der Waals surface area contributed by atoms with Gasteiger partial charge in [-0.1, -0.05) is 368 Å². The van der Waals surface area contributed by atoms with Gasteiger partial charge < -0.3 is 13.2 Å². The molecule has 1 aliphatic carbocycles. The van der Waals surface area contributed by atoms with Gasteiger partial charge in [0.15, 0.2) is 0 Å². The SMILES string of the molecule is CC(C)c1ccc2cc3c(cc2c1)c1cc(-c2ccc(-c4ccccc4)cc2)cc2c4cc5cc(C(C)C)ccc5cc4n3c12.CC(C)c1ccc2cc3c(cc2c1)c1cc(-c2ccc4c(c2)C(c2ccccc2)(c2ccccc2)c2ccccc2-4)cc2c4cc5cc(C(C)C)ccc5cc4n3c12.CC(C)c1ccc2cc3c(cc2c1)c1cc(-c2ccc4sc5ccccc5c4c2)cc2c4cc5cc(C(C)C)ccc5cc4n3c12. The number of hydrogen-bond acceptors (Lipinski definition) is 1. The first-order valence-electron chi connectivity index (χ1n) is 53.6. The van der Waals surface area contributed by atoms with E-state index in [2.05, 4.69) is 515 Å². The molecule has 149 heavy (non-hydrogen) atoms. The highest BCUT2D eigenvalue weighted by Crippen LogP contribution is 2.59. The number of benzene rings is 23. The van der Waals surface area contributed by atoms with E-state index in [0.29, 0.717) is 35.5 Å². The molecule has 0 atom stereocenters. The number of rotatable bonds is 12. The third-order valence-corrected chi connectivity index (χ3v) is 35.0. The number of fused-ring (bicyclic) bond motifs is 30. The van der Waals surface area contributed by atoms with Crippen LogP contribution in [-0.4, -0.2) is 13.2 Å². The first-order valence-corrected chi connectivity index (χ1v) is 54.4. The molecule has 1 aliphatic rings. The van der Waals surface area contributed by atoms with Crippen LogP contribution in [0.3, 0.4) is 0 Å². The maximum atomic E-state index is 2.56. The Bertz CT molecular complexity index is 10400. The van der Waals surface area contributed by atoms with Gasteiger partial charge in [-0.3, -0.25) is 0 Å². The quantitative estimate of drug-likeness (QED) is 0.116. The van der Waals surface area contributed by atoms with Crippen LogP contribution in [0.4, 0.5) is 0 Å². The standard InChI is InChI=1S/C57H43N.C44H33NS.C44H35N/c1-34(2)36-19-21-39-32-54-48(27-41(39)25-36)50-29-43(30-51-49-28-42-26-37(35(3)4)20-22-40(42)33-55(49)58(54)56(50)51)38-23-24-47-46-17-11-12-18-52(46)57(53(47)31-38,44-13-7-5-8-14-44)45-15-9-6-10-16-45;1-24(2)26-9-11-29-22-40-35(18-31(29)15-26)38-20-33(28-13-14-43-37(17-28)34-7-5-6-8-42(34)46-43)21-39-36-19-32-16-27(25(3)4)10-12-30(32)23-41(36)45(40)44(38)39;1-26(2)31-14-16-33-24-42-38(20-35(33)18-31)40-22-37(30-12-10-29(11-13-30)28-8-6-5-7-9-28)23-41-39-21-36-19-32(27(3)4)15-17-34(36)25-43(39)45(42)44(40)41/h5-35H,1-4H3;5-25H,1-4H3;5-27H,1-4H3. The van der Waals surface area contributed by atoms with Gasteiger partial charge >= 0.3 is 0 Å². The molecule has 0 radical (unpaired) electrons. The van der Waals surface area contributed by atoms with Crippen molar-refractivity contribution in [2.75, 3.05) is 0 Å². The number of hydrogen-bond donors (Lipinski definition) is 0. The molecule has 0 bridgehead atoms. The summed E-state index contributed by atoms with van der Waals surface area (Å²) < 4.78 is 10.3. The second kappa shape index (κ2) is 33.6. The Morgan fingerprint density at radius 1 is 0.168 bits per heavy atom. The van der Waals surface area contributed by atoms with E-state index in [9.17, 15) is 0 Å². The summed E-state index contributed by atoms with van der Waals surface area (Å²) in [6, 6.07) is 160. The van der Waals surface area contributed by atoms with E-state index in [4.69, 9.17) is 0 Å². The summed E-state index contributed by atoms with van der Waals surface area (Å²) in [7, 11) is 0. The molecule has 7 heterocycles. The van der Waals surface area contributed by atoms with Gasteiger partial charge in [0.05, 0.1) is 55.1 Å². The van der Waals surface area contributed by atoms with Crippen LogP contribution in [0.2, 0.25) is 0 Å². The first kappa shape index (κ1) is 88.7. The molecular weight excluding hydrogens is 1820 g/mol. The van der Waals surface area contributed by atoms with Crippen molar-refractivity contribution in [1.29, 1.82) is 0 Å². The molecule has 0 fully saturated rings. The molecule has 0 amide bonds. The fraction of sp³-hybridized carbons (Fsp3) is 0.131. The van der Waals surface area contributed by atoms with Crippen molar-refractivity contribution in [2.45, 2.75) is 124 Å². The van der Waals surface area contributed by atoms with E-state index in [1.165, 1.54) is 310 Å². The lowest BCUT2D eigenvalue weighted by Gasteiger charge is -2.34. The van der Waals surface area contributed by atoms with Gasteiger partial charge in [-0.25, -0.2) is 0 Å². The Hall–Kier alpha value is -16.8. The van der Waals surface area contributed by atoms with Gasteiger partial charge in [0, 0.05) is 84.8 Å². The molecule has 0 spiro atoms. The Kier molecular flexibility index (Phi) is 20.0. The van der Waals surface area contributed by atoms with E-state index in [-0.39, 0.29) is 0 Å². The molecule has 30 aromatic rings. The first-order chi connectivity index (χ1) is 72.7. The van der Waals surface area contributed by atoms with Crippen LogP contribution in [0.1, 0.15) is 174 Å². The summed E-state index contributed by atoms with van der Waals surface area (Å²) in [5.74, 6) is 2.94. The molecular formula is C145H111N3S. The maximum absolute atomic E-state index is 2.56. The Balaban J connectivity index is 0.000000106. The van der Waals surface area contributed by atoms with Crippen molar-refractivity contribution in [3.05, 3.63) is 474 Å². The molecule has 4 heteroatoms. The lowest BCUT2D eigenvalue weighted by atomic mass is 9.67. The molecule has 3 nitrogen and oxygen atoms in total. The van der Waals surface area contributed by atoms with Crippen molar-refractivity contribution in [3.63, 3.8) is 0 Å². The molecule has 0 saturated carbocycles. The summed E-state index contributed by atoms with van der Waals surface area (Å²) in [4.78, 5) is 0. The summed E-state index contributed by atoms with van der Waals surface area (Å²) >= 11 is 1.88. The molecule has 0 unspecified atom stereocenters. The molecule has 7 aromatic heterocycles. The summed E-state index contributed by atoms with van der Waals surface area (Å²) in [5.41, 5.74) is 37.4. The number of thiophene rings is 1. The monoisotopic (exact) mass is 1930 g/mol. The van der Waals surface area contributed by atoms with Crippen LogP contribution >= 0.6 is 11.3 Å². The number of aromatic nitrogens is 3. The predicted molar refractivity (Wildman–Crippen MR) is 645 cm³/mol. The van der Waals surface area contributed by atoms with Crippen molar-refractivity contribution in [2.24, 2.45) is 0 Å². The minimum absolute atomic E-state index is 0.450. The molecule has 23 aromatic carbocycles. The molecule has 0 aliphatic heterocycles. The Labute approximate surface area is 870 Å². The Morgan fingerprint density at radius 2 is 0.430 bits per heavy atom. The topological polar surface area (TPSA) is 13.2 Å². The summed E-state index contributed by atoms with van der Waals surface area (Å²) in [6.07, 6.45) is 0. The zero-order chi connectivity index (χ0) is 100. The van der Waals surface area contributed by atoms with Gasteiger partial charge in [0.1, 0.15) is 0 Å². The van der Waals surface area contributed by atoms with Gasteiger partial charge in [-0.05, 0) is 345 Å². The third kappa shape index (κ3) is 13.8. The van der Waals surface area contributed by atoms with Crippen LogP contribution in [0.15, 0.2) is 419 Å². The predicted octanol–water partition coefficient (Wildman–Crippen LogP) is 41.6. The average molecular weight is 1930 g/mol. The number of nitrogens with zero attached hydrogens (tertiary/aromatic N) is 3. The molecule has 31 rings (SSSR count). The highest BCUT2D eigenvalue weighted by Gasteiger charge is 2.46. The van der Waals surface area contributed by atoms with Crippen LogP contribution in [0.25, 0.3) is 255 Å². The van der Waals surface area contributed by atoms with E-state index >= 15 is 0 Å². The molecule has 712 valence electrons. The van der Waals surface area contributed by atoms with Crippen LogP contribution in [-0.2, 0) is 5.41 Å². The minimum Gasteiger partial charge on any atom is -0.308 e. The summed E-state index contributed by atoms with van der Waals surface area (Å²) in [5, 5.41) is 34.1. The van der Waals surface area contributed by atoms with Crippen molar-refractivity contribution in [3.8, 4) is 55.6 Å².